The summed E-state index contributed by atoms with van der Waals surface area (Å²) in [7, 11) is 3.85. The van der Waals surface area contributed by atoms with Crippen LogP contribution in [-0.2, 0) is 11.3 Å². The molecule has 0 radical (unpaired) electrons. The summed E-state index contributed by atoms with van der Waals surface area (Å²) in [6.07, 6.45) is 1.75. The molecule has 96 valence electrons. The summed E-state index contributed by atoms with van der Waals surface area (Å²) in [5.74, 6) is -0.129. The molecule has 2 heterocycles. The number of H-pyrrole nitrogens is 2. The molecule has 0 saturated carbocycles. The van der Waals surface area contributed by atoms with Crippen LogP contribution in [0.1, 0.15) is 12.5 Å². The standard InChI is InChI=1S/C11H15N5O2/c1-6(17)13-11-14-9-8(10(18)15-11)7(4-12-9)5-16(2)3/h4H,5H2,1-3H3,(H3,12,13,14,15,17,18). The van der Waals surface area contributed by atoms with Gasteiger partial charge in [-0.15, -0.1) is 0 Å². The second kappa shape index (κ2) is 4.61. The van der Waals surface area contributed by atoms with Crippen LogP contribution in [0.15, 0.2) is 11.0 Å². The molecule has 0 saturated heterocycles. The molecule has 0 aliphatic heterocycles. The smallest absolute Gasteiger partial charge is 0.262 e. The normalized spacial score (nSPS) is 11.1. The molecule has 2 aromatic rings. The predicted octanol–water partition coefficient (Wildman–Crippen LogP) is 0.271. The topological polar surface area (TPSA) is 93.9 Å². The minimum Gasteiger partial charge on any atom is -0.346 e. The lowest BCUT2D eigenvalue weighted by Crippen LogP contribution is -2.17. The molecule has 2 aromatic heterocycles. The highest BCUT2D eigenvalue weighted by molar-refractivity contribution is 5.88. The molecule has 0 bridgehead atoms. The number of hydrogen-bond acceptors (Lipinski definition) is 4. The zero-order valence-corrected chi connectivity index (χ0v) is 10.5. The summed E-state index contributed by atoms with van der Waals surface area (Å²) in [4.78, 5) is 34.5. The van der Waals surface area contributed by atoms with Gasteiger partial charge in [0.05, 0.1) is 5.39 Å². The number of aromatic amines is 2. The summed E-state index contributed by atoms with van der Waals surface area (Å²) in [5, 5.41) is 2.98. The monoisotopic (exact) mass is 249 g/mol. The Hall–Kier alpha value is -2.15. The second-order valence-corrected chi connectivity index (χ2v) is 4.37. The van der Waals surface area contributed by atoms with Crippen LogP contribution in [0.4, 0.5) is 5.95 Å². The summed E-state index contributed by atoms with van der Waals surface area (Å²) in [6, 6.07) is 0. The van der Waals surface area contributed by atoms with Crippen molar-refractivity contribution in [3.8, 4) is 0 Å². The lowest BCUT2D eigenvalue weighted by atomic mass is 10.2. The van der Waals surface area contributed by atoms with Crippen molar-refractivity contribution in [3.05, 3.63) is 22.1 Å². The van der Waals surface area contributed by atoms with Crippen LogP contribution in [0.3, 0.4) is 0 Å². The average molecular weight is 249 g/mol. The lowest BCUT2D eigenvalue weighted by Gasteiger charge is -2.07. The maximum atomic E-state index is 12.0. The minimum atomic E-state index is -0.280. The Morgan fingerprint density at radius 2 is 2.22 bits per heavy atom. The molecular weight excluding hydrogens is 234 g/mol. The van der Waals surface area contributed by atoms with Gasteiger partial charge >= 0.3 is 0 Å². The highest BCUT2D eigenvalue weighted by atomic mass is 16.1. The van der Waals surface area contributed by atoms with Crippen LogP contribution in [0.25, 0.3) is 11.0 Å². The molecule has 0 aliphatic carbocycles. The van der Waals surface area contributed by atoms with Crippen molar-refractivity contribution in [2.24, 2.45) is 0 Å². The van der Waals surface area contributed by atoms with Crippen LogP contribution >= 0.6 is 0 Å². The van der Waals surface area contributed by atoms with E-state index in [0.29, 0.717) is 17.6 Å². The first-order chi connectivity index (χ1) is 8.47. The number of hydrogen-bond donors (Lipinski definition) is 3. The minimum absolute atomic E-state index is 0.151. The average Bonchev–Trinajstić information content (AvgIpc) is 2.59. The highest BCUT2D eigenvalue weighted by Gasteiger charge is 2.11. The maximum absolute atomic E-state index is 12.0. The number of rotatable bonds is 3. The van der Waals surface area contributed by atoms with E-state index in [1.807, 2.05) is 19.0 Å². The number of carbonyl (C=O) groups excluding carboxylic acids is 1. The van der Waals surface area contributed by atoms with Crippen LogP contribution in [0.5, 0.6) is 0 Å². The zero-order chi connectivity index (χ0) is 13.3. The summed E-state index contributed by atoms with van der Waals surface area (Å²) < 4.78 is 0. The Morgan fingerprint density at radius 1 is 1.50 bits per heavy atom. The third kappa shape index (κ3) is 2.40. The van der Waals surface area contributed by atoms with Crippen molar-refractivity contribution in [2.75, 3.05) is 19.4 Å². The number of fused-ring (bicyclic) bond motifs is 1. The van der Waals surface area contributed by atoms with E-state index in [1.54, 1.807) is 6.20 Å². The first-order valence-corrected chi connectivity index (χ1v) is 5.50. The number of nitrogens with one attached hydrogen (secondary N) is 3. The Balaban J connectivity index is 2.50. The van der Waals surface area contributed by atoms with Crippen molar-refractivity contribution >= 4 is 22.9 Å². The summed E-state index contributed by atoms with van der Waals surface area (Å²) in [6.45, 7) is 2.00. The van der Waals surface area contributed by atoms with E-state index in [0.717, 1.165) is 5.56 Å². The molecule has 0 spiro atoms. The largest absolute Gasteiger partial charge is 0.346 e. The van der Waals surface area contributed by atoms with Gasteiger partial charge in [-0.3, -0.25) is 19.9 Å². The molecular formula is C11H15N5O2. The highest BCUT2D eigenvalue weighted by Crippen LogP contribution is 2.14. The van der Waals surface area contributed by atoms with Gasteiger partial charge in [0.2, 0.25) is 11.9 Å². The van der Waals surface area contributed by atoms with Crippen LogP contribution in [0.2, 0.25) is 0 Å². The van der Waals surface area contributed by atoms with E-state index in [4.69, 9.17) is 0 Å². The summed E-state index contributed by atoms with van der Waals surface area (Å²) >= 11 is 0. The Kier molecular flexibility index (Phi) is 3.15. The molecule has 7 heteroatoms. The third-order valence-electron chi connectivity index (χ3n) is 2.40. The van der Waals surface area contributed by atoms with Crippen molar-refractivity contribution in [3.63, 3.8) is 0 Å². The van der Waals surface area contributed by atoms with Gasteiger partial charge in [0, 0.05) is 19.7 Å². The Labute approximate surface area is 103 Å². The third-order valence-corrected chi connectivity index (χ3v) is 2.40. The van der Waals surface area contributed by atoms with Crippen LogP contribution in [0, 0.1) is 0 Å². The van der Waals surface area contributed by atoms with E-state index in [1.165, 1.54) is 6.92 Å². The van der Waals surface area contributed by atoms with E-state index in [9.17, 15) is 9.59 Å². The fourth-order valence-electron chi connectivity index (χ4n) is 1.79. The van der Waals surface area contributed by atoms with Crippen molar-refractivity contribution in [1.29, 1.82) is 0 Å². The molecule has 18 heavy (non-hydrogen) atoms. The first kappa shape index (κ1) is 12.3. The lowest BCUT2D eigenvalue weighted by molar-refractivity contribution is -0.114. The molecule has 0 atom stereocenters. The van der Waals surface area contributed by atoms with E-state index in [2.05, 4.69) is 20.3 Å². The van der Waals surface area contributed by atoms with Gasteiger partial charge in [-0.05, 0) is 19.7 Å². The second-order valence-electron chi connectivity index (χ2n) is 4.37. The van der Waals surface area contributed by atoms with Gasteiger partial charge in [0.15, 0.2) is 0 Å². The van der Waals surface area contributed by atoms with Gasteiger partial charge in [0.1, 0.15) is 5.65 Å². The molecule has 0 aliphatic rings. The van der Waals surface area contributed by atoms with E-state index in [-0.39, 0.29) is 17.4 Å². The van der Waals surface area contributed by atoms with Crippen LogP contribution < -0.4 is 10.9 Å². The zero-order valence-electron chi connectivity index (χ0n) is 10.5. The Bertz CT molecular complexity index is 640. The molecule has 0 fully saturated rings. The first-order valence-electron chi connectivity index (χ1n) is 5.50. The molecule has 7 nitrogen and oxygen atoms in total. The molecule has 1 amide bonds. The number of amides is 1. The number of aromatic nitrogens is 3. The van der Waals surface area contributed by atoms with Crippen molar-refractivity contribution < 1.29 is 4.79 Å². The quantitative estimate of drug-likeness (QED) is 0.728. The molecule has 0 unspecified atom stereocenters. The molecule has 0 aromatic carbocycles. The van der Waals surface area contributed by atoms with Crippen molar-refractivity contribution in [2.45, 2.75) is 13.5 Å². The van der Waals surface area contributed by atoms with Gasteiger partial charge < -0.3 is 9.88 Å². The van der Waals surface area contributed by atoms with Gasteiger partial charge in [-0.2, -0.15) is 4.98 Å². The predicted molar refractivity (Wildman–Crippen MR) is 68.4 cm³/mol. The van der Waals surface area contributed by atoms with E-state index >= 15 is 0 Å². The maximum Gasteiger partial charge on any atom is 0.262 e. The van der Waals surface area contributed by atoms with Gasteiger partial charge in [-0.1, -0.05) is 0 Å². The summed E-state index contributed by atoms with van der Waals surface area (Å²) in [5.41, 5.74) is 1.08. The SMILES string of the molecule is CC(=O)Nc1nc2[nH]cc(CN(C)C)c2c(=O)[nH]1. The van der Waals surface area contributed by atoms with Gasteiger partial charge in [-0.25, -0.2) is 0 Å². The number of anilines is 1. The molecule has 2 rings (SSSR count). The Morgan fingerprint density at radius 3 is 2.83 bits per heavy atom. The number of carbonyl (C=O) groups is 1. The molecule has 3 N–H and O–H groups in total. The fourth-order valence-corrected chi connectivity index (χ4v) is 1.79. The van der Waals surface area contributed by atoms with Crippen molar-refractivity contribution in [1.82, 2.24) is 19.9 Å². The van der Waals surface area contributed by atoms with Gasteiger partial charge in [0.25, 0.3) is 5.56 Å². The number of nitrogens with zero attached hydrogens (tertiary/aromatic N) is 2. The van der Waals surface area contributed by atoms with E-state index < -0.39 is 0 Å². The fraction of sp³-hybridized carbons (Fsp3) is 0.364. The van der Waals surface area contributed by atoms with Crippen LogP contribution in [-0.4, -0.2) is 39.9 Å².